The van der Waals surface area contributed by atoms with Gasteiger partial charge < -0.3 is 20.9 Å². The molecule has 3 rings (SSSR count). The molecule has 1 fully saturated rings. The van der Waals surface area contributed by atoms with Gasteiger partial charge in [-0.1, -0.05) is 6.92 Å². The van der Waals surface area contributed by atoms with E-state index in [2.05, 4.69) is 20.9 Å². The van der Waals surface area contributed by atoms with Crippen LogP contribution in [0.2, 0.25) is 0 Å². The molecule has 0 bridgehead atoms. The SMILES string of the molecule is CCCNC(=O)CNC(=O)c1ccc2c(c1)NC(=O)[C@@H]1CCCN21. The van der Waals surface area contributed by atoms with Crippen molar-refractivity contribution >= 4 is 29.1 Å². The zero-order valence-corrected chi connectivity index (χ0v) is 13.7. The zero-order chi connectivity index (χ0) is 17.1. The van der Waals surface area contributed by atoms with Crippen molar-refractivity contribution < 1.29 is 14.4 Å². The van der Waals surface area contributed by atoms with Crippen LogP contribution in [0.5, 0.6) is 0 Å². The molecule has 7 heteroatoms. The summed E-state index contributed by atoms with van der Waals surface area (Å²) in [7, 11) is 0. The number of fused-ring (bicyclic) bond motifs is 3. The molecule has 0 aliphatic carbocycles. The minimum absolute atomic E-state index is 0.0171. The van der Waals surface area contributed by atoms with Crippen molar-refractivity contribution in [3.8, 4) is 0 Å². The standard InChI is InChI=1S/C17H22N4O3/c1-2-7-18-15(22)10-19-16(23)11-5-6-13-12(9-11)20-17(24)14-4-3-8-21(13)14/h5-6,9,14H,2-4,7-8,10H2,1H3,(H,18,22)(H,19,23)(H,20,24)/t14-/m0/s1. The highest BCUT2D eigenvalue weighted by molar-refractivity contribution is 6.06. The van der Waals surface area contributed by atoms with Crippen LogP contribution >= 0.6 is 0 Å². The second kappa shape index (κ2) is 6.90. The van der Waals surface area contributed by atoms with Gasteiger partial charge in [0.2, 0.25) is 11.8 Å². The van der Waals surface area contributed by atoms with E-state index >= 15 is 0 Å². The number of nitrogens with zero attached hydrogens (tertiary/aromatic N) is 1. The van der Waals surface area contributed by atoms with Gasteiger partial charge in [-0.3, -0.25) is 14.4 Å². The Kier molecular flexibility index (Phi) is 4.69. The van der Waals surface area contributed by atoms with Gasteiger partial charge in [0.05, 0.1) is 17.9 Å². The summed E-state index contributed by atoms with van der Waals surface area (Å²) >= 11 is 0. The molecule has 0 aromatic heterocycles. The third-order valence-electron chi connectivity index (χ3n) is 4.36. The predicted octanol–water partition coefficient (Wildman–Crippen LogP) is 0.863. The maximum Gasteiger partial charge on any atom is 0.251 e. The van der Waals surface area contributed by atoms with Crippen LogP contribution in [0.4, 0.5) is 11.4 Å². The molecule has 2 aliphatic rings. The van der Waals surface area contributed by atoms with E-state index in [9.17, 15) is 14.4 Å². The van der Waals surface area contributed by atoms with Crippen molar-refractivity contribution in [1.82, 2.24) is 10.6 Å². The van der Waals surface area contributed by atoms with Crippen LogP contribution in [0.1, 0.15) is 36.5 Å². The molecule has 24 heavy (non-hydrogen) atoms. The maximum atomic E-state index is 12.2. The second-order valence-electron chi connectivity index (χ2n) is 6.11. The molecule has 3 amide bonds. The summed E-state index contributed by atoms with van der Waals surface area (Å²) in [6.07, 6.45) is 2.70. The highest BCUT2D eigenvalue weighted by atomic mass is 16.2. The number of hydrogen-bond acceptors (Lipinski definition) is 4. The molecule has 1 aromatic carbocycles. The number of rotatable bonds is 5. The Bertz CT molecular complexity index is 674. The van der Waals surface area contributed by atoms with Crippen LogP contribution in [0.25, 0.3) is 0 Å². The van der Waals surface area contributed by atoms with E-state index < -0.39 is 0 Å². The van der Waals surface area contributed by atoms with Gasteiger partial charge in [-0.25, -0.2) is 0 Å². The van der Waals surface area contributed by atoms with Crippen LogP contribution in [-0.4, -0.2) is 43.4 Å². The van der Waals surface area contributed by atoms with Gasteiger partial charge in [0.25, 0.3) is 5.91 Å². The molecule has 2 aliphatic heterocycles. The van der Waals surface area contributed by atoms with Crippen LogP contribution in [0.15, 0.2) is 18.2 Å². The molecular weight excluding hydrogens is 308 g/mol. The maximum absolute atomic E-state index is 12.2. The Hall–Kier alpha value is -2.57. The minimum Gasteiger partial charge on any atom is -0.358 e. The van der Waals surface area contributed by atoms with Crippen molar-refractivity contribution in [1.29, 1.82) is 0 Å². The lowest BCUT2D eigenvalue weighted by atomic mass is 10.1. The van der Waals surface area contributed by atoms with E-state index in [1.807, 2.05) is 13.0 Å². The van der Waals surface area contributed by atoms with Crippen molar-refractivity contribution in [3.63, 3.8) is 0 Å². The molecule has 2 heterocycles. The Balaban J connectivity index is 1.68. The van der Waals surface area contributed by atoms with E-state index in [1.54, 1.807) is 12.1 Å². The Morgan fingerprint density at radius 2 is 2.17 bits per heavy atom. The largest absolute Gasteiger partial charge is 0.358 e. The smallest absolute Gasteiger partial charge is 0.251 e. The van der Waals surface area contributed by atoms with Gasteiger partial charge in [-0.05, 0) is 37.5 Å². The van der Waals surface area contributed by atoms with E-state index in [1.165, 1.54) is 0 Å². The van der Waals surface area contributed by atoms with Crippen molar-refractivity contribution in [2.75, 3.05) is 29.9 Å². The Labute approximate surface area is 140 Å². The summed E-state index contributed by atoms with van der Waals surface area (Å²) in [6.45, 7) is 3.35. The molecule has 0 unspecified atom stereocenters. The summed E-state index contributed by atoms with van der Waals surface area (Å²) in [5.41, 5.74) is 2.03. The van der Waals surface area contributed by atoms with Crippen LogP contribution in [-0.2, 0) is 9.59 Å². The molecule has 1 aromatic rings. The number of anilines is 2. The quantitative estimate of drug-likeness (QED) is 0.747. The lowest BCUT2D eigenvalue weighted by molar-refractivity contribution is -0.120. The van der Waals surface area contributed by atoms with Crippen LogP contribution in [0, 0.1) is 0 Å². The van der Waals surface area contributed by atoms with Crippen molar-refractivity contribution in [2.45, 2.75) is 32.2 Å². The van der Waals surface area contributed by atoms with Gasteiger partial charge in [0.1, 0.15) is 6.04 Å². The lowest BCUT2D eigenvalue weighted by Gasteiger charge is -2.33. The molecular formula is C17H22N4O3. The van der Waals surface area contributed by atoms with Gasteiger partial charge in [-0.2, -0.15) is 0 Å². The van der Waals surface area contributed by atoms with Crippen molar-refractivity contribution in [2.24, 2.45) is 0 Å². The minimum atomic E-state index is -0.331. The molecule has 1 saturated heterocycles. The van der Waals surface area contributed by atoms with E-state index in [-0.39, 0.29) is 30.3 Å². The average Bonchev–Trinajstić information content (AvgIpc) is 3.08. The Morgan fingerprint density at radius 1 is 1.33 bits per heavy atom. The number of amides is 3. The monoisotopic (exact) mass is 330 g/mol. The lowest BCUT2D eigenvalue weighted by Crippen LogP contribution is -2.44. The fourth-order valence-electron chi connectivity index (χ4n) is 3.16. The summed E-state index contributed by atoms with van der Waals surface area (Å²) in [5, 5.41) is 8.18. The molecule has 128 valence electrons. The first-order valence-corrected chi connectivity index (χ1v) is 8.36. The number of nitrogens with one attached hydrogen (secondary N) is 3. The molecule has 3 N–H and O–H groups in total. The first-order chi connectivity index (χ1) is 11.6. The first-order valence-electron chi connectivity index (χ1n) is 8.36. The summed E-state index contributed by atoms with van der Waals surface area (Å²) in [4.78, 5) is 38.0. The highest BCUT2D eigenvalue weighted by Gasteiger charge is 2.36. The van der Waals surface area contributed by atoms with Crippen LogP contribution < -0.4 is 20.9 Å². The third kappa shape index (κ3) is 3.20. The molecule has 0 spiro atoms. The molecule has 0 radical (unpaired) electrons. The van der Waals surface area contributed by atoms with Crippen LogP contribution in [0.3, 0.4) is 0 Å². The van der Waals surface area contributed by atoms with Crippen molar-refractivity contribution in [3.05, 3.63) is 23.8 Å². The van der Waals surface area contributed by atoms with Gasteiger partial charge in [0, 0.05) is 18.7 Å². The van der Waals surface area contributed by atoms with E-state index in [0.717, 1.165) is 31.5 Å². The summed E-state index contributed by atoms with van der Waals surface area (Å²) < 4.78 is 0. The predicted molar refractivity (Wildman–Crippen MR) is 91.1 cm³/mol. The highest BCUT2D eigenvalue weighted by Crippen LogP contribution is 2.37. The topological polar surface area (TPSA) is 90.5 Å². The Morgan fingerprint density at radius 3 is 2.96 bits per heavy atom. The zero-order valence-electron chi connectivity index (χ0n) is 13.7. The molecule has 1 atom stereocenters. The average molecular weight is 330 g/mol. The summed E-state index contributed by atoms with van der Waals surface area (Å²) in [6, 6.07) is 5.16. The number of hydrogen-bond donors (Lipinski definition) is 3. The van der Waals surface area contributed by atoms with Gasteiger partial charge >= 0.3 is 0 Å². The second-order valence-corrected chi connectivity index (χ2v) is 6.11. The normalized spacial score (nSPS) is 18.5. The number of benzene rings is 1. The number of carbonyl (C=O) groups is 3. The molecule has 7 nitrogen and oxygen atoms in total. The summed E-state index contributed by atoms with van der Waals surface area (Å²) in [5.74, 6) is -0.560. The first kappa shape index (κ1) is 16.3. The fourth-order valence-corrected chi connectivity index (χ4v) is 3.16. The van der Waals surface area contributed by atoms with E-state index in [4.69, 9.17) is 0 Å². The number of carbonyl (C=O) groups excluding carboxylic acids is 3. The van der Waals surface area contributed by atoms with Gasteiger partial charge in [-0.15, -0.1) is 0 Å². The molecule has 0 saturated carbocycles. The third-order valence-corrected chi connectivity index (χ3v) is 4.36. The van der Waals surface area contributed by atoms with Gasteiger partial charge in [0.15, 0.2) is 0 Å². The van der Waals surface area contributed by atoms with E-state index in [0.29, 0.717) is 17.8 Å². The fraction of sp³-hybridized carbons (Fsp3) is 0.471.